The number of carbonyl (C=O) groups excluding carboxylic acids is 1. The van der Waals surface area contributed by atoms with E-state index in [4.69, 9.17) is 21.7 Å². The van der Waals surface area contributed by atoms with Crippen molar-refractivity contribution < 1.29 is 14.3 Å². The molecule has 1 saturated heterocycles. The molecule has 1 N–H and O–H groups in total. The predicted molar refractivity (Wildman–Crippen MR) is 143 cm³/mol. The number of hydrogen-bond acceptors (Lipinski definition) is 8. The van der Waals surface area contributed by atoms with Crippen LogP contribution in [0.4, 0.5) is 5.82 Å². The Morgan fingerprint density at radius 1 is 1.23 bits per heavy atom. The Labute approximate surface area is 214 Å². The Morgan fingerprint density at radius 2 is 1.94 bits per heavy atom. The number of hydrogen-bond donors (Lipinski definition) is 1. The van der Waals surface area contributed by atoms with Crippen molar-refractivity contribution in [3.05, 3.63) is 55.7 Å². The number of ether oxygens (including phenoxy) is 2. The van der Waals surface area contributed by atoms with Gasteiger partial charge < -0.3 is 14.8 Å². The molecule has 0 atom stereocenters. The first kappa shape index (κ1) is 26.3. The van der Waals surface area contributed by atoms with Crippen molar-refractivity contribution in [3.8, 4) is 17.6 Å². The number of aromatic nitrogens is 1. The summed E-state index contributed by atoms with van der Waals surface area (Å²) in [5, 5.41) is 12.9. The van der Waals surface area contributed by atoms with Gasteiger partial charge in [0.05, 0.1) is 19.1 Å². The highest BCUT2D eigenvalue weighted by molar-refractivity contribution is 8.26. The summed E-state index contributed by atoms with van der Waals surface area (Å²) >= 11 is 6.62. The van der Waals surface area contributed by atoms with Gasteiger partial charge in [-0.25, -0.2) is 0 Å². The van der Waals surface area contributed by atoms with E-state index in [1.54, 1.807) is 39.2 Å². The lowest BCUT2D eigenvalue weighted by molar-refractivity contribution is -0.122. The van der Waals surface area contributed by atoms with E-state index >= 15 is 0 Å². The molecule has 35 heavy (non-hydrogen) atoms. The second kappa shape index (κ2) is 11.4. The summed E-state index contributed by atoms with van der Waals surface area (Å²) in [6, 6.07) is 7.71. The summed E-state index contributed by atoms with van der Waals surface area (Å²) in [4.78, 5) is 27.8. The highest BCUT2D eigenvalue weighted by Crippen LogP contribution is 2.35. The number of thioether (sulfide) groups is 1. The van der Waals surface area contributed by atoms with Crippen LogP contribution in [0.3, 0.4) is 0 Å². The molecule has 184 valence electrons. The molecule has 0 unspecified atom stereocenters. The summed E-state index contributed by atoms with van der Waals surface area (Å²) in [5.74, 6) is 1.66. The standard InChI is InChI=1S/C25H28N4O4S2/c1-6-11-29-24(31)21(35-25(29)34)13-17-15(2)18(14-26)23(30)28(3)22(17)27-10-9-16-7-8-19(32-4)20(12-16)33-5/h7-8,12-13,27H,6,9-11H2,1-5H3/b21-13+. The third-order valence-electron chi connectivity index (χ3n) is 5.75. The van der Waals surface area contributed by atoms with Gasteiger partial charge >= 0.3 is 0 Å². The summed E-state index contributed by atoms with van der Waals surface area (Å²) < 4.78 is 12.6. The first-order chi connectivity index (χ1) is 16.8. The molecule has 0 spiro atoms. The van der Waals surface area contributed by atoms with Gasteiger partial charge in [-0.15, -0.1) is 0 Å². The zero-order valence-corrected chi connectivity index (χ0v) is 22.1. The van der Waals surface area contributed by atoms with E-state index in [0.717, 1.165) is 12.0 Å². The van der Waals surface area contributed by atoms with Crippen molar-refractivity contribution in [2.75, 3.05) is 32.6 Å². The second-order valence-electron chi connectivity index (χ2n) is 7.94. The van der Waals surface area contributed by atoms with E-state index in [1.807, 2.05) is 31.2 Å². The first-order valence-electron chi connectivity index (χ1n) is 11.1. The lowest BCUT2D eigenvalue weighted by Gasteiger charge is -2.18. The van der Waals surface area contributed by atoms with Crippen LogP contribution in [0.5, 0.6) is 11.5 Å². The van der Waals surface area contributed by atoms with Gasteiger partial charge in [0.1, 0.15) is 21.8 Å². The highest BCUT2D eigenvalue weighted by atomic mass is 32.2. The first-order valence-corrected chi connectivity index (χ1v) is 12.3. The molecule has 1 aliphatic heterocycles. The molecule has 2 aromatic rings. The molecule has 3 rings (SSSR count). The summed E-state index contributed by atoms with van der Waals surface area (Å²) in [6.45, 7) is 4.76. The van der Waals surface area contributed by atoms with Crippen LogP contribution in [-0.2, 0) is 18.3 Å². The molecule has 2 heterocycles. The number of nitrogens with one attached hydrogen (secondary N) is 1. The maximum absolute atomic E-state index is 12.9. The van der Waals surface area contributed by atoms with Crippen LogP contribution < -0.4 is 20.3 Å². The molecule has 1 fully saturated rings. The van der Waals surface area contributed by atoms with E-state index in [-0.39, 0.29) is 11.5 Å². The zero-order chi connectivity index (χ0) is 25.7. The number of benzene rings is 1. The quantitative estimate of drug-likeness (QED) is 0.400. The Bertz CT molecular complexity index is 1290. The molecule has 0 bridgehead atoms. The Balaban J connectivity index is 1.96. The van der Waals surface area contributed by atoms with E-state index in [9.17, 15) is 14.9 Å². The maximum Gasteiger partial charge on any atom is 0.270 e. The van der Waals surface area contributed by atoms with Crippen LogP contribution in [0.15, 0.2) is 27.9 Å². The molecule has 1 aliphatic rings. The number of rotatable bonds is 9. The van der Waals surface area contributed by atoms with Gasteiger partial charge in [0.2, 0.25) is 0 Å². The summed E-state index contributed by atoms with van der Waals surface area (Å²) in [6.07, 6.45) is 3.16. The fourth-order valence-corrected chi connectivity index (χ4v) is 5.14. The molecule has 1 aromatic heterocycles. The SMILES string of the molecule is CCCN1C(=O)/C(=C\c2c(C)c(C#N)c(=O)n(C)c2NCCc2ccc(OC)c(OC)c2)SC1=S. The van der Waals surface area contributed by atoms with E-state index < -0.39 is 5.56 Å². The smallest absolute Gasteiger partial charge is 0.270 e. The van der Waals surface area contributed by atoms with Gasteiger partial charge in [-0.05, 0) is 49.1 Å². The largest absolute Gasteiger partial charge is 0.493 e. The van der Waals surface area contributed by atoms with Crippen LogP contribution in [0.2, 0.25) is 0 Å². The lowest BCUT2D eigenvalue weighted by atomic mass is 10.0. The van der Waals surface area contributed by atoms with E-state index in [1.165, 1.54) is 16.3 Å². The Hall–Kier alpha value is -3.29. The normalized spacial score (nSPS) is 14.4. The molecule has 10 heteroatoms. The molecule has 0 aliphatic carbocycles. The van der Waals surface area contributed by atoms with Crippen molar-refractivity contribution in [3.63, 3.8) is 0 Å². The van der Waals surface area contributed by atoms with E-state index in [2.05, 4.69) is 5.32 Å². The van der Waals surface area contributed by atoms with Crippen molar-refractivity contribution in [2.45, 2.75) is 26.7 Å². The number of anilines is 1. The Kier molecular flexibility index (Phi) is 8.59. The van der Waals surface area contributed by atoms with Gasteiger partial charge in [-0.3, -0.25) is 19.1 Å². The number of amides is 1. The number of thiocarbonyl (C=S) groups is 1. The van der Waals surface area contributed by atoms with Crippen molar-refractivity contribution >= 4 is 46.1 Å². The van der Waals surface area contributed by atoms with Gasteiger partial charge in [-0.2, -0.15) is 5.26 Å². The average molecular weight is 513 g/mol. The summed E-state index contributed by atoms with van der Waals surface area (Å²) in [5.41, 5.74) is 1.81. The topological polar surface area (TPSA) is 96.6 Å². The lowest BCUT2D eigenvalue weighted by Crippen LogP contribution is -2.28. The summed E-state index contributed by atoms with van der Waals surface area (Å²) in [7, 11) is 4.79. The fourth-order valence-electron chi connectivity index (χ4n) is 3.85. The molecular weight excluding hydrogens is 484 g/mol. The van der Waals surface area contributed by atoms with Crippen LogP contribution >= 0.6 is 24.0 Å². The molecular formula is C25H28N4O4S2. The van der Waals surface area contributed by atoms with E-state index in [0.29, 0.717) is 57.2 Å². The minimum atomic E-state index is -0.394. The van der Waals surface area contributed by atoms with Gasteiger partial charge in [0.25, 0.3) is 11.5 Å². The monoisotopic (exact) mass is 512 g/mol. The van der Waals surface area contributed by atoms with Gasteiger partial charge in [0.15, 0.2) is 11.5 Å². The molecule has 0 saturated carbocycles. The average Bonchev–Trinajstić information content (AvgIpc) is 3.12. The van der Waals surface area contributed by atoms with Crippen LogP contribution in [-0.4, -0.2) is 47.0 Å². The van der Waals surface area contributed by atoms with Crippen molar-refractivity contribution in [2.24, 2.45) is 7.05 Å². The highest BCUT2D eigenvalue weighted by Gasteiger charge is 2.32. The fraction of sp³-hybridized carbons (Fsp3) is 0.360. The van der Waals surface area contributed by atoms with Crippen molar-refractivity contribution in [1.82, 2.24) is 9.47 Å². The zero-order valence-electron chi connectivity index (χ0n) is 20.4. The number of methoxy groups -OCH3 is 2. The minimum Gasteiger partial charge on any atom is -0.493 e. The molecule has 0 radical (unpaired) electrons. The van der Waals surface area contributed by atoms with Gasteiger partial charge in [0, 0.05) is 25.7 Å². The predicted octanol–water partition coefficient (Wildman–Crippen LogP) is 3.85. The maximum atomic E-state index is 12.9. The van der Waals surface area contributed by atoms with Crippen LogP contribution in [0, 0.1) is 18.3 Å². The molecule has 1 aromatic carbocycles. The van der Waals surface area contributed by atoms with Crippen LogP contribution in [0.1, 0.15) is 35.6 Å². The number of carbonyl (C=O) groups is 1. The Morgan fingerprint density at radius 3 is 2.57 bits per heavy atom. The minimum absolute atomic E-state index is 0.0493. The molecule has 8 nitrogen and oxygen atoms in total. The van der Waals surface area contributed by atoms with Crippen molar-refractivity contribution in [1.29, 1.82) is 5.26 Å². The van der Waals surface area contributed by atoms with Gasteiger partial charge in [-0.1, -0.05) is 37.0 Å². The number of nitriles is 1. The van der Waals surface area contributed by atoms with Crippen LogP contribution in [0.25, 0.3) is 6.08 Å². The number of nitrogens with zero attached hydrogens (tertiary/aromatic N) is 3. The second-order valence-corrected chi connectivity index (χ2v) is 9.61. The third kappa shape index (κ3) is 5.36. The number of pyridine rings is 1. The third-order valence-corrected chi connectivity index (χ3v) is 7.13. The molecule has 1 amide bonds.